The van der Waals surface area contributed by atoms with Gasteiger partial charge in [0.15, 0.2) is 0 Å². The number of carboxylic acid groups (broad SMARTS) is 1. The maximum absolute atomic E-state index is 10.5. The number of benzene rings is 1. The van der Waals surface area contributed by atoms with Crippen LogP contribution in [0.4, 0.5) is 9.59 Å². The highest BCUT2D eigenvalue weighted by Crippen LogP contribution is 2.13. The predicted octanol–water partition coefficient (Wildman–Crippen LogP) is -1.53. The molecule has 0 saturated heterocycles. The van der Waals surface area contributed by atoms with Crippen molar-refractivity contribution in [1.29, 1.82) is 0 Å². The SMILES string of the molecule is C[NH+](C)C.NC(=O)OC(NC(=O)[O-])c1ccccc1. The number of carbonyl (C=O) groups excluding carboxylic acids is 2. The molecule has 0 aliphatic heterocycles. The largest absolute Gasteiger partial charge is 0.530 e. The molecule has 1 atom stereocenters. The third-order valence-corrected chi connectivity index (χ3v) is 1.59. The second-order valence-corrected chi connectivity index (χ2v) is 4.16. The van der Waals surface area contributed by atoms with Crippen LogP contribution < -0.4 is 21.1 Å². The van der Waals surface area contributed by atoms with Crippen LogP contribution in [0.15, 0.2) is 30.3 Å². The van der Waals surface area contributed by atoms with Gasteiger partial charge in [-0.3, -0.25) is 0 Å². The molecule has 2 amide bonds. The number of primary amides is 1. The van der Waals surface area contributed by atoms with Crippen molar-refractivity contribution in [2.45, 2.75) is 6.23 Å². The monoisotopic (exact) mass is 269 g/mol. The Labute approximate surface area is 112 Å². The van der Waals surface area contributed by atoms with Gasteiger partial charge < -0.3 is 30.6 Å². The van der Waals surface area contributed by atoms with Gasteiger partial charge in [0.2, 0.25) is 6.23 Å². The zero-order valence-corrected chi connectivity index (χ0v) is 11.2. The van der Waals surface area contributed by atoms with Crippen molar-refractivity contribution in [3.63, 3.8) is 0 Å². The number of nitrogens with two attached hydrogens (primary N) is 1. The second-order valence-electron chi connectivity index (χ2n) is 4.16. The first-order chi connectivity index (χ1) is 8.82. The van der Waals surface area contributed by atoms with E-state index >= 15 is 0 Å². The molecule has 1 unspecified atom stereocenters. The van der Waals surface area contributed by atoms with Gasteiger partial charge in [-0.1, -0.05) is 30.3 Å². The van der Waals surface area contributed by atoms with Crippen molar-refractivity contribution in [2.24, 2.45) is 5.73 Å². The summed E-state index contributed by atoms with van der Waals surface area (Å²) in [6, 6.07) is 8.25. The Morgan fingerprint density at radius 1 is 1.26 bits per heavy atom. The number of hydrogen-bond donors (Lipinski definition) is 3. The van der Waals surface area contributed by atoms with Crippen LogP contribution in [0.1, 0.15) is 11.8 Å². The molecule has 4 N–H and O–H groups in total. The highest BCUT2D eigenvalue weighted by Gasteiger charge is 2.13. The Balaban J connectivity index is 0.000000711. The molecule has 7 heteroatoms. The summed E-state index contributed by atoms with van der Waals surface area (Å²) in [4.78, 5) is 22.2. The first-order valence-corrected chi connectivity index (χ1v) is 5.58. The fraction of sp³-hybridized carbons (Fsp3) is 0.333. The van der Waals surface area contributed by atoms with Crippen molar-refractivity contribution >= 4 is 12.2 Å². The van der Waals surface area contributed by atoms with Gasteiger partial charge in [-0.25, -0.2) is 4.79 Å². The van der Waals surface area contributed by atoms with Crippen molar-refractivity contribution in [1.82, 2.24) is 5.32 Å². The molecular weight excluding hydrogens is 250 g/mol. The molecule has 0 aromatic heterocycles. The Bertz CT molecular complexity index is 376. The molecule has 0 aliphatic rings. The van der Waals surface area contributed by atoms with Gasteiger partial charge in [0.05, 0.1) is 21.1 Å². The molecule has 106 valence electrons. The first kappa shape index (κ1) is 16.7. The number of hydrogen-bond acceptors (Lipinski definition) is 4. The molecule has 0 saturated carbocycles. The Hall–Kier alpha value is -2.28. The normalized spacial score (nSPS) is 10.9. The smallest absolute Gasteiger partial charge is 0.406 e. The number of rotatable bonds is 3. The number of amides is 2. The topological polar surface area (TPSA) is 109 Å². The Morgan fingerprint density at radius 3 is 2.11 bits per heavy atom. The average molecular weight is 269 g/mol. The minimum Gasteiger partial charge on any atom is -0.530 e. The summed E-state index contributed by atoms with van der Waals surface area (Å²) in [5.41, 5.74) is 5.25. The summed E-state index contributed by atoms with van der Waals surface area (Å²) in [6.45, 7) is 0. The van der Waals surface area contributed by atoms with Gasteiger partial charge in [-0.15, -0.1) is 0 Å². The van der Waals surface area contributed by atoms with Gasteiger partial charge >= 0.3 is 6.09 Å². The van der Waals surface area contributed by atoms with Gasteiger partial charge in [-0.2, -0.15) is 0 Å². The van der Waals surface area contributed by atoms with Gasteiger partial charge in [0, 0.05) is 5.56 Å². The van der Waals surface area contributed by atoms with Crippen molar-refractivity contribution in [3.05, 3.63) is 35.9 Å². The van der Waals surface area contributed by atoms with Crippen LogP contribution in [0.25, 0.3) is 0 Å². The summed E-state index contributed by atoms with van der Waals surface area (Å²) in [5, 5.41) is 12.2. The lowest BCUT2D eigenvalue weighted by Crippen LogP contribution is -3.02. The van der Waals surface area contributed by atoms with Crippen LogP contribution in [0.2, 0.25) is 0 Å². The standard InChI is InChI=1S/C9H10N2O4.C3H9N/c10-8(12)15-7(11-9(13)14)6-4-2-1-3-5-6;1-4(2)3/h1-5,7,11H,(H2,10,12)(H,13,14);1-3H3. The molecule has 0 spiro atoms. The van der Waals surface area contributed by atoms with E-state index in [1.807, 2.05) is 5.32 Å². The van der Waals surface area contributed by atoms with Crippen LogP contribution in [0.3, 0.4) is 0 Å². The second kappa shape index (κ2) is 8.76. The molecule has 0 fully saturated rings. The number of carbonyl (C=O) groups is 2. The van der Waals surface area contributed by atoms with E-state index in [0.717, 1.165) is 0 Å². The van der Waals surface area contributed by atoms with E-state index in [1.165, 1.54) is 4.90 Å². The predicted molar refractivity (Wildman–Crippen MR) is 67.1 cm³/mol. The maximum atomic E-state index is 10.5. The number of ether oxygens (including phenoxy) is 1. The lowest BCUT2D eigenvalue weighted by Gasteiger charge is -2.19. The molecule has 0 aliphatic carbocycles. The lowest BCUT2D eigenvalue weighted by atomic mass is 10.2. The number of quaternary nitrogens is 1. The molecule has 1 aromatic carbocycles. The van der Waals surface area contributed by atoms with Crippen molar-refractivity contribution in [2.75, 3.05) is 21.1 Å². The quantitative estimate of drug-likeness (QED) is 0.579. The fourth-order valence-corrected chi connectivity index (χ4v) is 1.03. The fourth-order valence-electron chi connectivity index (χ4n) is 1.03. The van der Waals surface area contributed by atoms with E-state index in [9.17, 15) is 14.7 Å². The lowest BCUT2D eigenvalue weighted by molar-refractivity contribution is -0.836. The molecular formula is C12H19N3O4. The van der Waals surface area contributed by atoms with E-state index in [2.05, 4.69) is 25.9 Å². The average Bonchev–Trinajstić information content (AvgIpc) is 2.27. The van der Waals surface area contributed by atoms with Crippen LogP contribution in [0.5, 0.6) is 0 Å². The molecule has 0 radical (unpaired) electrons. The van der Waals surface area contributed by atoms with Crippen molar-refractivity contribution in [3.8, 4) is 0 Å². The third kappa shape index (κ3) is 9.42. The molecule has 0 bridgehead atoms. The maximum Gasteiger partial charge on any atom is 0.406 e. The van der Waals surface area contributed by atoms with Crippen LogP contribution in [-0.2, 0) is 4.74 Å². The van der Waals surface area contributed by atoms with Gasteiger partial charge in [-0.05, 0) is 0 Å². The highest BCUT2D eigenvalue weighted by molar-refractivity contribution is 5.67. The van der Waals surface area contributed by atoms with E-state index < -0.39 is 18.4 Å². The minimum absolute atomic E-state index is 0.459. The summed E-state index contributed by atoms with van der Waals surface area (Å²) >= 11 is 0. The third-order valence-electron chi connectivity index (χ3n) is 1.59. The zero-order chi connectivity index (χ0) is 14.8. The first-order valence-electron chi connectivity index (χ1n) is 5.58. The van der Waals surface area contributed by atoms with Crippen LogP contribution in [-0.4, -0.2) is 33.3 Å². The summed E-state index contributed by atoms with van der Waals surface area (Å²) < 4.78 is 4.55. The summed E-state index contributed by atoms with van der Waals surface area (Å²) in [6.07, 6.45) is -3.77. The highest BCUT2D eigenvalue weighted by atomic mass is 16.6. The zero-order valence-electron chi connectivity index (χ0n) is 11.2. The summed E-state index contributed by atoms with van der Waals surface area (Å²) in [7, 11) is 6.25. The molecule has 19 heavy (non-hydrogen) atoms. The van der Waals surface area contributed by atoms with E-state index in [4.69, 9.17) is 5.73 Å². The van der Waals surface area contributed by atoms with E-state index in [0.29, 0.717) is 5.56 Å². The van der Waals surface area contributed by atoms with E-state index in [-0.39, 0.29) is 0 Å². The number of nitrogens with one attached hydrogen (secondary N) is 2. The van der Waals surface area contributed by atoms with Crippen molar-refractivity contribution < 1.29 is 24.3 Å². The van der Waals surface area contributed by atoms with Gasteiger partial charge in [0.1, 0.15) is 6.09 Å². The van der Waals surface area contributed by atoms with Gasteiger partial charge in [0.25, 0.3) is 0 Å². The Morgan fingerprint density at radius 2 is 1.74 bits per heavy atom. The minimum atomic E-state index is -1.55. The molecule has 0 heterocycles. The Kier molecular flexibility index (Phi) is 7.71. The molecule has 7 nitrogen and oxygen atoms in total. The summed E-state index contributed by atoms with van der Waals surface area (Å²) in [5.74, 6) is 0. The molecule has 1 aromatic rings. The van der Waals surface area contributed by atoms with Crippen LogP contribution in [0, 0.1) is 0 Å². The molecule has 1 rings (SSSR count). The van der Waals surface area contributed by atoms with E-state index in [1.54, 1.807) is 30.3 Å². The van der Waals surface area contributed by atoms with Crippen LogP contribution >= 0.6 is 0 Å².